The molecule has 0 saturated carbocycles. The molecule has 0 fully saturated rings. The van der Waals surface area contributed by atoms with E-state index in [1.807, 2.05) is 19.9 Å². The summed E-state index contributed by atoms with van der Waals surface area (Å²) in [6.45, 7) is 5.56. The summed E-state index contributed by atoms with van der Waals surface area (Å²) < 4.78 is 0. The number of hydrogen-bond acceptors (Lipinski definition) is 3. The van der Waals surface area contributed by atoms with Crippen molar-refractivity contribution in [3.63, 3.8) is 0 Å². The highest BCUT2D eigenvalue weighted by molar-refractivity contribution is 5.90. The highest BCUT2D eigenvalue weighted by Gasteiger charge is 2.01. The zero-order chi connectivity index (χ0) is 11.1. The third-order valence-electron chi connectivity index (χ3n) is 1.94. The van der Waals surface area contributed by atoms with Crippen molar-refractivity contribution in [2.24, 2.45) is 0 Å². The first-order chi connectivity index (χ1) is 7.22. The van der Waals surface area contributed by atoms with Crippen molar-refractivity contribution in [3.05, 3.63) is 24.0 Å². The van der Waals surface area contributed by atoms with Crippen LogP contribution in [-0.4, -0.2) is 24.0 Å². The Labute approximate surface area is 90.1 Å². The van der Waals surface area contributed by atoms with Crippen molar-refractivity contribution < 1.29 is 4.79 Å². The second kappa shape index (κ2) is 6.14. The Kier molecular flexibility index (Phi) is 4.77. The van der Waals surface area contributed by atoms with Crippen LogP contribution in [0.5, 0.6) is 0 Å². The molecule has 0 bridgehead atoms. The second-order valence-electron chi connectivity index (χ2n) is 3.40. The number of rotatable bonds is 5. The maximum Gasteiger partial charge on any atom is 0.225 e. The van der Waals surface area contributed by atoms with E-state index < -0.39 is 0 Å². The van der Waals surface area contributed by atoms with Crippen LogP contribution in [-0.2, 0) is 4.79 Å². The van der Waals surface area contributed by atoms with Crippen LogP contribution in [0.4, 0.5) is 5.69 Å². The minimum absolute atomic E-state index is 0.0170. The highest BCUT2D eigenvalue weighted by atomic mass is 16.1. The van der Waals surface area contributed by atoms with Crippen molar-refractivity contribution in [1.82, 2.24) is 10.3 Å². The monoisotopic (exact) mass is 207 g/mol. The third-order valence-corrected chi connectivity index (χ3v) is 1.94. The molecule has 0 aliphatic carbocycles. The Morgan fingerprint density at radius 2 is 2.27 bits per heavy atom. The molecule has 0 aromatic carbocycles. The fourth-order valence-electron chi connectivity index (χ4n) is 1.23. The van der Waals surface area contributed by atoms with E-state index in [0.717, 1.165) is 17.8 Å². The quantitative estimate of drug-likeness (QED) is 0.716. The van der Waals surface area contributed by atoms with Crippen LogP contribution in [0.1, 0.15) is 18.9 Å². The molecule has 0 aliphatic rings. The number of pyridine rings is 1. The summed E-state index contributed by atoms with van der Waals surface area (Å²) in [7, 11) is 0. The van der Waals surface area contributed by atoms with E-state index in [1.165, 1.54) is 0 Å². The van der Waals surface area contributed by atoms with Gasteiger partial charge in [-0.25, -0.2) is 0 Å². The van der Waals surface area contributed by atoms with Crippen LogP contribution in [0.3, 0.4) is 0 Å². The summed E-state index contributed by atoms with van der Waals surface area (Å²) in [5.74, 6) is 0.0170. The SMILES string of the molecule is CCNCCC(=O)Nc1cncc(C)c1. The van der Waals surface area contributed by atoms with Gasteiger partial charge < -0.3 is 10.6 Å². The molecule has 0 unspecified atom stereocenters. The topological polar surface area (TPSA) is 54.0 Å². The van der Waals surface area contributed by atoms with Crippen molar-refractivity contribution >= 4 is 11.6 Å². The molecule has 0 aliphatic heterocycles. The number of nitrogens with zero attached hydrogens (tertiary/aromatic N) is 1. The Morgan fingerprint density at radius 1 is 1.47 bits per heavy atom. The first-order valence-corrected chi connectivity index (χ1v) is 5.14. The van der Waals surface area contributed by atoms with Gasteiger partial charge in [-0.2, -0.15) is 0 Å². The minimum atomic E-state index is 0.0170. The number of amides is 1. The van der Waals surface area contributed by atoms with Crippen LogP contribution in [0.2, 0.25) is 0 Å². The van der Waals surface area contributed by atoms with Crippen LogP contribution < -0.4 is 10.6 Å². The van der Waals surface area contributed by atoms with Gasteiger partial charge in [-0.05, 0) is 25.1 Å². The lowest BCUT2D eigenvalue weighted by atomic mass is 10.3. The predicted octanol–water partition coefficient (Wildman–Crippen LogP) is 1.33. The molecule has 0 radical (unpaired) electrons. The van der Waals surface area contributed by atoms with Gasteiger partial charge in [0.2, 0.25) is 5.91 Å². The zero-order valence-corrected chi connectivity index (χ0v) is 9.21. The lowest BCUT2D eigenvalue weighted by Gasteiger charge is -2.05. The summed E-state index contributed by atoms with van der Waals surface area (Å²) >= 11 is 0. The van der Waals surface area contributed by atoms with Crippen molar-refractivity contribution in [1.29, 1.82) is 0 Å². The fraction of sp³-hybridized carbons (Fsp3) is 0.455. The Balaban J connectivity index is 2.37. The predicted molar refractivity (Wildman–Crippen MR) is 60.8 cm³/mol. The number of carbonyl (C=O) groups excluding carboxylic acids is 1. The molecule has 0 saturated heterocycles. The second-order valence-corrected chi connectivity index (χ2v) is 3.40. The van der Waals surface area contributed by atoms with E-state index in [9.17, 15) is 4.79 Å². The van der Waals surface area contributed by atoms with E-state index in [4.69, 9.17) is 0 Å². The van der Waals surface area contributed by atoms with Crippen LogP contribution in [0, 0.1) is 6.92 Å². The zero-order valence-electron chi connectivity index (χ0n) is 9.21. The maximum atomic E-state index is 11.4. The number of aromatic nitrogens is 1. The summed E-state index contributed by atoms with van der Waals surface area (Å²) in [5, 5.41) is 5.90. The molecule has 0 spiro atoms. The molecule has 2 N–H and O–H groups in total. The van der Waals surface area contributed by atoms with Gasteiger partial charge in [0.05, 0.1) is 11.9 Å². The van der Waals surface area contributed by atoms with Gasteiger partial charge in [0.15, 0.2) is 0 Å². The van der Waals surface area contributed by atoms with E-state index >= 15 is 0 Å². The Hall–Kier alpha value is -1.42. The molecule has 4 nitrogen and oxygen atoms in total. The van der Waals surface area contributed by atoms with Gasteiger partial charge >= 0.3 is 0 Å². The lowest BCUT2D eigenvalue weighted by molar-refractivity contribution is -0.116. The number of carbonyl (C=O) groups is 1. The standard InChI is InChI=1S/C11H17N3O/c1-3-12-5-4-11(15)14-10-6-9(2)7-13-8-10/h6-8,12H,3-5H2,1-2H3,(H,14,15). The number of hydrogen-bond donors (Lipinski definition) is 2. The summed E-state index contributed by atoms with van der Waals surface area (Å²) in [6, 6.07) is 1.90. The maximum absolute atomic E-state index is 11.4. The molecular formula is C11H17N3O. The van der Waals surface area contributed by atoms with Gasteiger partial charge in [0.25, 0.3) is 0 Å². The molecule has 82 valence electrons. The molecule has 1 aromatic rings. The molecule has 1 heterocycles. The average molecular weight is 207 g/mol. The first kappa shape index (κ1) is 11.7. The lowest BCUT2D eigenvalue weighted by Crippen LogP contribution is -2.21. The normalized spacial score (nSPS) is 10.0. The number of anilines is 1. The van der Waals surface area contributed by atoms with Crippen molar-refractivity contribution in [2.45, 2.75) is 20.3 Å². The van der Waals surface area contributed by atoms with Crippen LogP contribution >= 0.6 is 0 Å². The summed E-state index contributed by atoms with van der Waals surface area (Å²) in [5.41, 5.74) is 1.80. The van der Waals surface area contributed by atoms with E-state index in [1.54, 1.807) is 12.4 Å². The molecule has 1 aromatic heterocycles. The smallest absolute Gasteiger partial charge is 0.225 e. The molecule has 1 amide bonds. The highest BCUT2D eigenvalue weighted by Crippen LogP contribution is 2.07. The van der Waals surface area contributed by atoms with Gasteiger partial charge in [0.1, 0.15) is 0 Å². The van der Waals surface area contributed by atoms with E-state index in [2.05, 4.69) is 15.6 Å². The Morgan fingerprint density at radius 3 is 2.93 bits per heavy atom. The fourth-order valence-corrected chi connectivity index (χ4v) is 1.23. The van der Waals surface area contributed by atoms with Gasteiger partial charge in [-0.1, -0.05) is 6.92 Å². The van der Waals surface area contributed by atoms with Crippen LogP contribution in [0.25, 0.3) is 0 Å². The minimum Gasteiger partial charge on any atom is -0.325 e. The molecule has 0 atom stereocenters. The van der Waals surface area contributed by atoms with Crippen LogP contribution in [0.15, 0.2) is 18.5 Å². The van der Waals surface area contributed by atoms with Gasteiger partial charge in [-0.15, -0.1) is 0 Å². The first-order valence-electron chi connectivity index (χ1n) is 5.14. The molecule has 15 heavy (non-hydrogen) atoms. The average Bonchev–Trinajstić information content (AvgIpc) is 2.18. The number of nitrogens with one attached hydrogen (secondary N) is 2. The van der Waals surface area contributed by atoms with E-state index in [0.29, 0.717) is 13.0 Å². The number of aryl methyl sites for hydroxylation is 1. The summed E-state index contributed by atoms with van der Waals surface area (Å²) in [4.78, 5) is 15.4. The molecule has 1 rings (SSSR count). The Bertz CT molecular complexity index is 325. The molecule has 4 heteroatoms. The van der Waals surface area contributed by atoms with Gasteiger partial charge in [-0.3, -0.25) is 9.78 Å². The molecular weight excluding hydrogens is 190 g/mol. The largest absolute Gasteiger partial charge is 0.325 e. The summed E-state index contributed by atoms with van der Waals surface area (Å²) in [6.07, 6.45) is 3.90. The van der Waals surface area contributed by atoms with Crippen molar-refractivity contribution in [2.75, 3.05) is 18.4 Å². The van der Waals surface area contributed by atoms with Crippen molar-refractivity contribution in [3.8, 4) is 0 Å². The van der Waals surface area contributed by atoms with E-state index in [-0.39, 0.29) is 5.91 Å². The van der Waals surface area contributed by atoms with Gasteiger partial charge in [0, 0.05) is 19.2 Å². The third kappa shape index (κ3) is 4.56.